The average molecular weight is 337 g/mol. The van der Waals surface area contributed by atoms with Crippen LogP contribution in [-0.2, 0) is 9.59 Å². The van der Waals surface area contributed by atoms with E-state index in [0.29, 0.717) is 5.69 Å². The topological polar surface area (TPSA) is 83.7 Å². The highest BCUT2D eigenvalue weighted by atomic mass is 16.4. The smallest absolute Gasteiger partial charge is 0.303 e. The Hall–Kier alpha value is -3.15. The van der Waals surface area contributed by atoms with Gasteiger partial charge in [-0.15, -0.1) is 0 Å². The lowest BCUT2D eigenvalue weighted by atomic mass is 10.0. The van der Waals surface area contributed by atoms with E-state index in [0.717, 1.165) is 22.5 Å². The van der Waals surface area contributed by atoms with Crippen LogP contribution in [0.25, 0.3) is 16.9 Å². The quantitative estimate of drug-likeness (QED) is 0.747. The molecule has 25 heavy (non-hydrogen) atoms. The summed E-state index contributed by atoms with van der Waals surface area (Å²) in [7, 11) is 0. The molecule has 1 amide bonds. The van der Waals surface area contributed by atoms with Crippen LogP contribution in [0.2, 0.25) is 0 Å². The number of aromatic nitrogens is 2. The maximum absolute atomic E-state index is 11.8. The minimum Gasteiger partial charge on any atom is -0.481 e. The van der Waals surface area contributed by atoms with Gasteiger partial charge in [0.25, 0.3) is 0 Å². The number of fused-ring (bicyclic) bond motifs is 1. The zero-order chi connectivity index (χ0) is 18.0. The number of rotatable bonds is 5. The van der Waals surface area contributed by atoms with E-state index in [9.17, 15) is 9.59 Å². The number of nitrogens with one attached hydrogen (secondary N) is 1. The molecule has 0 saturated heterocycles. The average Bonchev–Trinajstić information content (AvgIpc) is 2.98. The number of imidazole rings is 1. The molecule has 0 radical (unpaired) electrons. The molecule has 0 unspecified atom stereocenters. The lowest BCUT2D eigenvalue weighted by molar-refractivity contribution is -0.138. The van der Waals surface area contributed by atoms with Crippen LogP contribution in [0.4, 0.5) is 5.69 Å². The third-order valence-electron chi connectivity index (χ3n) is 3.97. The van der Waals surface area contributed by atoms with Crippen molar-refractivity contribution in [2.75, 3.05) is 5.32 Å². The summed E-state index contributed by atoms with van der Waals surface area (Å²) >= 11 is 0. The van der Waals surface area contributed by atoms with E-state index in [1.165, 1.54) is 5.56 Å². The molecule has 1 aromatic carbocycles. The van der Waals surface area contributed by atoms with Gasteiger partial charge in [0.15, 0.2) is 0 Å². The second kappa shape index (κ2) is 6.76. The largest absolute Gasteiger partial charge is 0.481 e. The Kier molecular flexibility index (Phi) is 4.52. The summed E-state index contributed by atoms with van der Waals surface area (Å²) in [5.74, 6) is -1.31. The molecule has 0 aliphatic heterocycles. The van der Waals surface area contributed by atoms with Gasteiger partial charge < -0.3 is 14.8 Å². The van der Waals surface area contributed by atoms with Gasteiger partial charge in [-0.25, -0.2) is 4.98 Å². The molecule has 2 aromatic heterocycles. The number of nitrogens with zero attached hydrogens (tertiary/aromatic N) is 2. The fourth-order valence-corrected chi connectivity index (χ4v) is 2.65. The third kappa shape index (κ3) is 3.85. The van der Waals surface area contributed by atoms with Gasteiger partial charge in [-0.1, -0.05) is 17.7 Å². The monoisotopic (exact) mass is 337 g/mol. The second-order valence-electron chi connectivity index (χ2n) is 6.07. The first-order chi connectivity index (χ1) is 11.9. The number of carboxylic acids is 1. The molecule has 2 N–H and O–H groups in total. The molecular formula is C19H19N3O3. The van der Waals surface area contributed by atoms with Gasteiger partial charge in [-0.3, -0.25) is 9.59 Å². The van der Waals surface area contributed by atoms with Crippen LogP contribution in [0.1, 0.15) is 24.0 Å². The van der Waals surface area contributed by atoms with E-state index in [4.69, 9.17) is 5.11 Å². The number of aliphatic carboxylic acids is 1. The summed E-state index contributed by atoms with van der Waals surface area (Å²) in [6.45, 7) is 4.09. The summed E-state index contributed by atoms with van der Waals surface area (Å²) in [4.78, 5) is 26.9. The Morgan fingerprint density at radius 1 is 1.12 bits per heavy atom. The summed E-state index contributed by atoms with van der Waals surface area (Å²) in [6, 6.07) is 9.82. The van der Waals surface area contributed by atoms with Gasteiger partial charge >= 0.3 is 5.97 Å². The minimum atomic E-state index is -0.988. The standard InChI is InChI=1S/C19H19N3O3/c1-12-3-4-13(2)15(9-12)16-11-22-10-14(5-6-17(22)21-16)20-18(23)7-8-19(24)25/h3-6,9-11H,7-8H2,1-2H3,(H,20,23)(H,24,25). The Morgan fingerprint density at radius 3 is 2.68 bits per heavy atom. The second-order valence-corrected chi connectivity index (χ2v) is 6.07. The predicted octanol–water partition coefficient (Wildman–Crippen LogP) is 3.42. The number of carboxylic acid groups (broad SMARTS) is 1. The highest BCUT2D eigenvalue weighted by Gasteiger charge is 2.10. The summed E-state index contributed by atoms with van der Waals surface area (Å²) in [5.41, 5.74) is 5.65. The van der Waals surface area contributed by atoms with Crippen LogP contribution in [0, 0.1) is 13.8 Å². The molecule has 0 fully saturated rings. The van der Waals surface area contributed by atoms with E-state index in [1.807, 2.05) is 30.5 Å². The normalized spacial score (nSPS) is 10.8. The van der Waals surface area contributed by atoms with Gasteiger partial charge in [0.1, 0.15) is 5.65 Å². The Morgan fingerprint density at radius 2 is 1.92 bits per heavy atom. The highest BCUT2D eigenvalue weighted by Crippen LogP contribution is 2.25. The van der Waals surface area contributed by atoms with Crippen LogP contribution in [0.5, 0.6) is 0 Å². The third-order valence-corrected chi connectivity index (χ3v) is 3.97. The molecule has 0 saturated carbocycles. The molecular weight excluding hydrogens is 318 g/mol. The lowest BCUT2D eigenvalue weighted by Crippen LogP contribution is -2.13. The fraction of sp³-hybridized carbons (Fsp3) is 0.211. The van der Waals surface area contributed by atoms with Crippen molar-refractivity contribution in [3.63, 3.8) is 0 Å². The molecule has 0 bridgehead atoms. The van der Waals surface area contributed by atoms with Gasteiger partial charge in [-0.2, -0.15) is 0 Å². The predicted molar refractivity (Wildman–Crippen MR) is 95.6 cm³/mol. The number of benzene rings is 1. The van der Waals surface area contributed by atoms with Gasteiger partial charge in [0.2, 0.25) is 5.91 Å². The molecule has 0 spiro atoms. The number of aryl methyl sites for hydroxylation is 2. The molecule has 2 heterocycles. The van der Waals surface area contributed by atoms with Crippen molar-refractivity contribution in [1.29, 1.82) is 0 Å². The number of pyridine rings is 1. The zero-order valence-electron chi connectivity index (χ0n) is 14.1. The number of carbonyl (C=O) groups is 2. The molecule has 3 aromatic rings. The van der Waals surface area contributed by atoms with Crippen LogP contribution >= 0.6 is 0 Å². The first-order valence-corrected chi connectivity index (χ1v) is 8.00. The van der Waals surface area contributed by atoms with E-state index in [2.05, 4.69) is 28.5 Å². The zero-order valence-corrected chi connectivity index (χ0v) is 14.1. The van der Waals surface area contributed by atoms with Gasteiger partial charge in [0.05, 0.1) is 17.8 Å². The molecule has 3 rings (SSSR count). The van der Waals surface area contributed by atoms with Gasteiger partial charge in [0, 0.05) is 24.4 Å². The van der Waals surface area contributed by atoms with E-state index >= 15 is 0 Å². The highest BCUT2D eigenvalue weighted by molar-refractivity contribution is 5.92. The Bertz CT molecular complexity index is 960. The van der Waals surface area contributed by atoms with Crippen molar-refractivity contribution in [3.8, 4) is 11.3 Å². The van der Waals surface area contributed by atoms with Gasteiger partial charge in [-0.05, 0) is 37.6 Å². The van der Waals surface area contributed by atoms with Crippen molar-refractivity contribution in [2.24, 2.45) is 0 Å². The van der Waals surface area contributed by atoms with E-state index in [-0.39, 0.29) is 18.7 Å². The number of carbonyl (C=O) groups excluding carboxylic acids is 1. The van der Waals surface area contributed by atoms with Crippen molar-refractivity contribution in [3.05, 3.63) is 53.9 Å². The molecule has 0 aliphatic carbocycles. The van der Waals surface area contributed by atoms with E-state index < -0.39 is 5.97 Å². The lowest BCUT2D eigenvalue weighted by Gasteiger charge is -2.04. The number of hydrogen-bond acceptors (Lipinski definition) is 3. The maximum Gasteiger partial charge on any atom is 0.303 e. The Labute approximate surface area is 145 Å². The molecule has 0 atom stereocenters. The number of anilines is 1. The summed E-state index contributed by atoms with van der Waals surface area (Å²) in [6.07, 6.45) is 3.46. The minimum absolute atomic E-state index is 0.0506. The van der Waals surface area contributed by atoms with Crippen molar-refractivity contribution >= 4 is 23.2 Å². The fourth-order valence-electron chi connectivity index (χ4n) is 2.65. The first kappa shape index (κ1) is 16.7. The molecule has 128 valence electrons. The maximum atomic E-state index is 11.8. The van der Waals surface area contributed by atoms with Crippen LogP contribution < -0.4 is 5.32 Å². The van der Waals surface area contributed by atoms with Crippen molar-refractivity contribution in [2.45, 2.75) is 26.7 Å². The Balaban J connectivity index is 1.85. The van der Waals surface area contributed by atoms with Crippen LogP contribution in [0.15, 0.2) is 42.7 Å². The molecule has 0 aliphatic rings. The summed E-state index contributed by atoms with van der Waals surface area (Å²) < 4.78 is 1.85. The van der Waals surface area contributed by atoms with Crippen LogP contribution in [-0.4, -0.2) is 26.4 Å². The SMILES string of the molecule is Cc1ccc(C)c(-c2cn3cc(NC(=O)CCC(=O)O)ccc3n2)c1. The number of hydrogen-bond donors (Lipinski definition) is 2. The number of amides is 1. The molecule has 6 nitrogen and oxygen atoms in total. The van der Waals surface area contributed by atoms with E-state index in [1.54, 1.807) is 12.3 Å². The summed E-state index contributed by atoms with van der Waals surface area (Å²) in [5, 5.41) is 11.3. The van der Waals surface area contributed by atoms with Crippen molar-refractivity contribution < 1.29 is 14.7 Å². The van der Waals surface area contributed by atoms with Crippen LogP contribution in [0.3, 0.4) is 0 Å². The molecule has 6 heteroatoms. The first-order valence-electron chi connectivity index (χ1n) is 8.00. The van der Waals surface area contributed by atoms with Crippen molar-refractivity contribution in [1.82, 2.24) is 9.38 Å².